The molecule has 0 fully saturated rings. The summed E-state index contributed by atoms with van der Waals surface area (Å²) in [5, 5.41) is 2.95. The van der Waals surface area contributed by atoms with Crippen molar-refractivity contribution in [1.29, 1.82) is 0 Å². The van der Waals surface area contributed by atoms with E-state index in [1.807, 2.05) is 20.8 Å². The van der Waals surface area contributed by atoms with Crippen LogP contribution in [0.25, 0.3) is 0 Å². The van der Waals surface area contributed by atoms with Gasteiger partial charge in [-0.15, -0.1) is 0 Å². The van der Waals surface area contributed by atoms with Gasteiger partial charge in [0.25, 0.3) is 0 Å². The molecule has 0 bridgehead atoms. The number of hydrogen-bond donors (Lipinski definition) is 1. The minimum atomic E-state index is -0.420. The van der Waals surface area contributed by atoms with Crippen LogP contribution in [0.15, 0.2) is 0 Å². The normalized spacial score (nSPS) is 13.7. The summed E-state index contributed by atoms with van der Waals surface area (Å²) >= 11 is 0. The van der Waals surface area contributed by atoms with Gasteiger partial charge >= 0.3 is 6.09 Å². The van der Waals surface area contributed by atoms with Crippen LogP contribution < -0.4 is 5.32 Å². The van der Waals surface area contributed by atoms with Crippen LogP contribution in [-0.4, -0.2) is 17.7 Å². The second kappa shape index (κ2) is 6.77. The number of unbranched alkanes of at least 4 members (excludes halogenated alkanes) is 1. The highest BCUT2D eigenvalue weighted by Gasteiger charge is 2.20. The third-order valence-corrected chi connectivity index (χ3v) is 2.38. The molecule has 3 heteroatoms. The number of hydrogen-bond acceptors (Lipinski definition) is 2. The highest BCUT2D eigenvalue weighted by atomic mass is 16.6. The Morgan fingerprint density at radius 2 is 1.88 bits per heavy atom. The van der Waals surface area contributed by atoms with Crippen LogP contribution in [0, 0.1) is 5.92 Å². The van der Waals surface area contributed by atoms with Gasteiger partial charge in [0.2, 0.25) is 0 Å². The monoisotopic (exact) mass is 229 g/mol. The van der Waals surface area contributed by atoms with E-state index in [9.17, 15) is 4.79 Å². The number of carbonyl (C=O) groups excluding carboxylic acids is 1. The topological polar surface area (TPSA) is 38.3 Å². The van der Waals surface area contributed by atoms with Gasteiger partial charge in [-0.05, 0) is 33.1 Å². The largest absolute Gasteiger partial charge is 0.444 e. The van der Waals surface area contributed by atoms with E-state index in [-0.39, 0.29) is 12.1 Å². The molecule has 0 saturated carbocycles. The quantitative estimate of drug-likeness (QED) is 0.780. The van der Waals surface area contributed by atoms with Gasteiger partial charge in [0.05, 0.1) is 0 Å². The summed E-state index contributed by atoms with van der Waals surface area (Å²) in [5.74, 6) is 0.444. The molecule has 0 aromatic carbocycles. The lowest BCUT2D eigenvalue weighted by molar-refractivity contribution is 0.0486. The van der Waals surface area contributed by atoms with Gasteiger partial charge in [-0.25, -0.2) is 4.79 Å². The summed E-state index contributed by atoms with van der Waals surface area (Å²) < 4.78 is 5.25. The highest BCUT2D eigenvalue weighted by Crippen LogP contribution is 2.12. The third kappa shape index (κ3) is 7.55. The Morgan fingerprint density at radius 3 is 2.25 bits per heavy atom. The van der Waals surface area contributed by atoms with Crippen LogP contribution in [0.4, 0.5) is 4.79 Å². The van der Waals surface area contributed by atoms with Gasteiger partial charge in [0.15, 0.2) is 0 Å². The lowest BCUT2D eigenvalue weighted by atomic mass is 9.99. The number of nitrogens with one attached hydrogen (secondary N) is 1. The Kier molecular flexibility index (Phi) is 6.46. The maximum Gasteiger partial charge on any atom is 0.407 e. The molecular weight excluding hydrogens is 202 g/mol. The first-order valence-electron chi connectivity index (χ1n) is 6.25. The van der Waals surface area contributed by atoms with Crippen LogP contribution in [0.5, 0.6) is 0 Å². The first-order chi connectivity index (χ1) is 7.26. The summed E-state index contributed by atoms with van der Waals surface area (Å²) in [5.41, 5.74) is -0.420. The van der Waals surface area contributed by atoms with E-state index < -0.39 is 5.60 Å². The first-order valence-corrected chi connectivity index (χ1v) is 6.25. The molecule has 1 atom stereocenters. The second-order valence-corrected chi connectivity index (χ2v) is 5.64. The van der Waals surface area contributed by atoms with Crippen molar-refractivity contribution >= 4 is 6.09 Å². The smallest absolute Gasteiger partial charge is 0.407 e. The molecule has 0 heterocycles. The summed E-state index contributed by atoms with van der Waals surface area (Å²) in [6.07, 6.45) is 3.01. The predicted octanol–water partition coefficient (Wildman–Crippen LogP) is 3.73. The molecule has 0 aliphatic rings. The fraction of sp³-hybridized carbons (Fsp3) is 0.923. The van der Waals surface area contributed by atoms with Crippen LogP contribution >= 0.6 is 0 Å². The van der Waals surface area contributed by atoms with E-state index in [2.05, 4.69) is 26.1 Å². The zero-order chi connectivity index (χ0) is 12.8. The second-order valence-electron chi connectivity index (χ2n) is 5.64. The molecule has 0 spiro atoms. The standard InChI is InChI=1S/C13H27NO2/c1-7-8-9-11(10(2)3)14-12(15)16-13(4,5)6/h10-11H,7-9H2,1-6H3,(H,14,15). The third-order valence-electron chi connectivity index (χ3n) is 2.38. The highest BCUT2D eigenvalue weighted by molar-refractivity contribution is 5.68. The van der Waals surface area contributed by atoms with Crippen molar-refractivity contribution in [3.8, 4) is 0 Å². The molecule has 0 aliphatic carbocycles. The van der Waals surface area contributed by atoms with E-state index >= 15 is 0 Å². The Labute approximate surface area is 99.9 Å². The number of alkyl carbamates (subject to hydrolysis) is 1. The van der Waals surface area contributed by atoms with E-state index in [1.165, 1.54) is 0 Å². The maximum absolute atomic E-state index is 11.6. The van der Waals surface area contributed by atoms with E-state index in [1.54, 1.807) is 0 Å². The van der Waals surface area contributed by atoms with Crippen molar-refractivity contribution in [2.24, 2.45) is 5.92 Å². The molecule has 0 aromatic heterocycles. The van der Waals surface area contributed by atoms with Crippen molar-refractivity contribution in [3.63, 3.8) is 0 Å². The average molecular weight is 229 g/mol. The van der Waals surface area contributed by atoms with E-state index in [0.29, 0.717) is 5.92 Å². The molecule has 3 nitrogen and oxygen atoms in total. The van der Waals surface area contributed by atoms with Gasteiger partial charge in [0.1, 0.15) is 5.60 Å². The molecule has 0 radical (unpaired) electrons. The molecule has 0 aliphatic heterocycles. The zero-order valence-electron chi connectivity index (χ0n) is 11.6. The van der Waals surface area contributed by atoms with Crippen molar-refractivity contribution in [2.45, 2.75) is 72.4 Å². The predicted molar refractivity (Wildman–Crippen MR) is 67.5 cm³/mol. The summed E-state index contributed by atoms with van der Waals surface area (Å²) in [4.78, 5) is 11.6. The molecule has 16 heavy (non-hydrogen) atoms. The zero-order valence-corrected chi connectivity index (χ0v) is 11.6. The fourth-order valence-electron chi connectivity index (χ4n) is 1.46. The van der Waals surface area contributed by atoms with Gasteiger partial charge in [0, 0.05) is 6.04 Å². The molecule has 0 saturated heterocycles. The summed E-state index contributed by atoms with van der Waals surface area (Å²) in [6, 6.07) is 0.217. The number of carbonyl (C=O) groups is 1. The van der Waals surface area contributed by atoms with Gasteiger partial charge in [-0.1, -0.05) is 33.6 Å². The van der Waals surface area contributed by atoms with Crippen molar-refractivity contribution < 1.29 is 9.53 Å². The molecule has 96 valence electrons. The van der Waals surface area contributed by atoms with E-state index in [0.717, 1.165) is 19.3 Å². The van der Waals surface area contributed by atoms with Gasteiger partial charge < -0.3 is 10.1 Å². The molecule has 0 rings (SSSR count). The lowest BCUT2D eigenvalue weighted by Gasteiger charge is -2.25. The SMILES string of the molecule is CCCCC(NC(=O)OC(C)(C)C)C(C)C. The van der Waals surface area contributed by atoms with Gasteiger partial charge in [-0.2, -0.15) is 0 Å². The average Bonchev–Trinajstić information content (AvgIpc) is 2.08. The molecule has 0 aromatic rings. The minimum absolute atomic E-state index is 0.217. The van der Waals surface area contributed by atoms with Crippen molar-refractivity contribution in [1.82, 2.24) is 5.32 Å². The maximum atomic E-state index is 11.6. The molecule has 1 amide bonds. The number of amides is 1. The molecule has 1 N–H and O–H groups in total. The van der Waals surface area contributed by atoms with Gasteiger partial charge in [-0.3, -0.25) is 0 Å². The number of rotatable bonds is 5. The van der Waals surface area contributed by atoms with Crippen LogP contribution in [0.3, 0.4) is 0 Å². The minimum Gasteiger partial charge on any atom is -0.444 e. The summed E-state index contributed by atoms with van der Waals surface area (Å²) in [6.45, 7) is 12.0. The molecule has 1 unspecified atom stereocenters. The Hall–Kier alpha value is -0.730. The Balaban J connectivity index is 4.13. The Morgan fingerprint density at radius 1 is 1.31 bits per heavy atom. The van der Waals surface area contributed by atoms with Crippen LogP contribution in [0.2, 0.25) is 0 Å². The lowest BCUT2D eigenvalue weighted by Crippen LogP contribution is -2.41. The van der Waals surface area contributed by atoms with Crippen molar-refractivity contribution in [2.75, 3.05) is 0 Å². The Bertz CT molecular complexity index is 206. The molecular formula is C13H27NO2. The van der Waals surface area contributed by atoms with Crippen molar-refractivity contribution in [3.05, 3.63) is 0 Å². The fourth-order valence-corrected chi connectivity index (χ4v) is 1.46. The number of ether oxygens (including phenoxy) is 1. The van der Waals surface area contributed by atoms with E-state index in [4.69, 9.17) is 4.74 Å². The van der Waals surface area contributed by atoms with Crippen LogP contribution in [0.1, 0.15) is 60.8 Å². The first kappa shape index (κ1) is 15.3. The van der Waals surface area contributed by atoms with Crippen LogP contribution in [-0.2, 0) is 4.74 Å². The summed E-state index contributed by atoms with van der Waals surface area (Å²) in [7, 11) is 0.